The number of halogens is 1. The number of rotatable bonds is 7. The molecule has 0 aliphatic heterocycles. The standard InChI is InChI=1S/C10H14N.C3H7O.ClH.Sn/c1-3-9-6-4-5-7-10(9)8(2)11;1-2-3-4;;/h4-8H,1,3,11H2,2H3;2-3H2,1H3;1H;/q;-1;;+2/p-1. The molecule has 0 aromatic heterocycles. The third-order valence-electron chi connectivity index (χ3n) is 2.60. The Morgan fingerprint density at radius 2 is 2.12 bits per heavy atom. The number of hydrogen-bond donors (Lipinski definition) is 1. The summed E-state index contributed by atoms with van der Waals surface area (Å²) < 4.78 is 6.67. The Morgan fingerprint density at radius 1 is 1.41 bits per heavy atom. The molecule has 0 saturated carbocycles. The van der Waals surface area contributed by atoms with Gasteiger partial charge in [0.05, 0.1) is 0 Å². The molecular weight excluding hydrogens is 340 g/mol. The van der Waals surface area contributed by atoms with Gasteiger partial charge in [-0.05, 0) is 0 Å². The molecule has 0 fully saturated rings. The molecule has 1 atom stereocenters. The molecule has 1 aromatic carbocycles. The Hall–Kier alpha value is 0.229. The van der Waals surface area contributed by atoms with E-state index in [1.54, 1.807) is 0 Å². The van der Waals surface area contributed by atoms with Crippen LogP contribution in [0.15, 0.2) is 24.3 Å². The zero-order chi connectivity index (χ0) is 12.7. The summed E-state index contributed by atoms with van der Waals surface area (Å²) in [5.41, 5.74) is 8.51. The van der Waals surface area contributed by atoms with Crippen LogP contribution in [0.3, 0.4) is 0 Å². The van der Waals surface area contributed by atoms with Gasteiger partial charge in [0.15, 0.2) is 0 Å². The summed E-state index contributed by atoms with van der Waals surface area (Å²) >= 11 is -2.06. The van der Waals surface area contributed by atoms with E-state index >= 15 is 0 Å². The summed E-state index contributed by atoms with van der Waals surface area (Å²) in [5.74, 6) is 0. The predicted molar refractivity (Wildman–Crippen MR) is 75.4 cm³/mol. The quantitative estimate of drug-likeness (QED) is 0.756. The second kappa shape index (κ2) is 8.35. The molecule has 95 valence electrons. The third-order valence-corrected chi connectivity index (χ3v) is 7.91. The summed E-state index contributed by atoms with van der Waals surface area (Å²) in [7, 11) is 6.28. The van der Waals surface area contributed by atoms with Gasteiger partial charge >= 0.3 is 116 Å². The van der Waals surface area contributed by atoms with E-state index in [9.17, 15) is 0 Å². The first-order valence-electron chi connectivity index (χ1n) is 6.12. The van der Waals surface area contributed by atoms with Crippen LogP contribution in [-0.4, -0.2) is 25.7 Å². The zero-order valence-corrected chi connectivity index (χ0v) is 14.2. The van der Waals surface area contributed by atoms with Crippen LogP contribution in [0.4, 0.5) is 0 Å². The van der Waals surface area contributed by atoms with Crippen LogP contribution in [0.2, 0.25) is 4.44 Å². The monoisotopic (exact) mass is 362 g/mol. The number of hydrogen-bond acceptors (Lipinski definition) is 2. The van der Waals surface area contributed by atoms with Gasteiger partial charge < -0.3 is 0 Å². The Balaban J connectivity index is 2.51. The molecule has 0 bridgehead atoms. The fourth-order valence-corrected chi connectivity index (χ4v) is 5.83. The van der Waals surface area contributed by atoms with E-state index in [4.69, 9.17) is 17.7 Å². The van der Waals surface area contributed by atoms with Gasteiger partial charge in [0.1, 0.15) is 0 Å². The van der Waals surface area contributed by atoms with Crippen molar-refractivity contribution in [2.75, 3.05) is 6.61 Å². The van der Waals surface area contributed by atoms with Crippen molar-refractivity contribution in [2.45, 2.75) is 37.2 Å². The Bertz CT molecular complexity index is 333. The van der Waals surface area contributed by atoms with Gasteiger partial charge in [-0.1, -0.05) is 0 Å². The van der Waals surface area contributed by atoms with E-state index in [0.29, 0.717) is 0 Å². The van der Waals surface area contributed by atoms with Crippen molar-refractivity contribution in [2.24, 2.45) is 5.73 Å². The summed E-state index contributed by atoms with van der Waals surface area (Å²) in [4.78, 5) is 0. The van der Waals surface area contributed by atoms with Crippen LogP contribution in [0.25, 0.3) is 0 Å². The molecule has 0 amide bonds. The molecule has 4 heteroatoms. The molecule has 0 aliphatic carbocycles. The molecule has 0 spiro atoms. The van der Waals surface area contributed by atoms with E-state index in [1.165, 1.54) is 11.1 Å². The van der Waals surface area contributed by atoms with Gasteiger partial charge in [0, 0.05) is 0 Å². The Kier molecular flexibility index (Phi) is 7.51. The minimum atomic E-state index is -2.06. The van der Waals surface area contributed by atoms with Crippen LogP contribution < -0.4 is 5.73 Å². The average Bonchev–Trinajstić information content (AvgIpc) is 2.34. The first-order valence-corrected chi connectivity index (χ1v) is 12.9. The van der Waals surface area contributed by atoms with Gasteiger partial charge in [0.25, 0.3) is 0 Å². The Labute approximate surface area is 115 Å². The van der Waals surface area contributed by atoms with Crippen LogP contribution in [-0.2, 0) is 9.49 Å². The second-order valence-electron chi connectivity index (χ2n) is 4.19. The van der Waals surface area contributed by atoms with E-state index < -0.39 is 19.0 Å². The molecule has 1 rings (SSSR count). The van der Waals surface area contributed by atoms with Crippen LogP contribution >= 0.6 is 8.92 Å². The molecule has 2 N–H and O–H groups in total. The molecular formula is C13H21ClNOSn. The average molecular weight is 361 g/mol. The Morgan fingerprint density at radius 3 is 2.76 bits per heavy atom. The van der Waals surface area contributed by atoms with Gasteiger partial charge in [-0.25, -0.2) is 0 Å². The maximum absolute atomic E-state index is 6.28. The molecule has 0 heterocycles. The van der Waals surface area contributed by atoms with Crippen molar-refractivity contribution in [3.63, 3.8) is 0 Å². The van der Waals surface area contributed by atoms with Crippen LogP contribution in [0.1, 0.15) is 37.4 Å². The van der Waals surface area contributed by atoms with Crippen LogP contribution in [0, 0.1) is 0 Å². The van der Waals surface area contributed by atoms with Gasteiger partial charge in [-0.3, -0.25) is 0 Å². The minimum absolute atomic E-state index is 0.0881. The molecule has 0 saturated heterocycles. The van der Waals surface area contributed by atoms with Gasteiger partial charge in [0.2, 0.25) is 0 Å². The van der Waals surface area contributed by atoms with E-state index in [0.717, 1.165) is 23.9 Å². The number of benzene rings is 1. The summed E-state index contributed by atoms with van der Waals surface area (Å²) in [6.45, 7) is 4.94. The summed E-state index contributed by atoms with van der Waals surface area (Å²) in [6, 6.07) is 8.43. The summed E-state index contributed by atoms with van der Waals surface area (Å²) in [5, 5.41) is 0. The fraction of sp³-hybridized carbons (Fsp3) is 0.538. The molecule has 2 nitrogen and oxygen atoms in total. The van der Waals surface area contributed by atoms with Gasteiger partial charge in [-0.2, -0.15) is 0 Å². The van der Waals surface area contributed by atoms with Crippen molar-refractivity contribution in [1.82, 2.24) is 0 Å². The first kappa shape index (κ1) is 15.3. The van der Waals surface area contributed by atoms with Crippen molar-refractivity contribution in [1.29, 1.82) is 0 Å². The van der Waals surface area contributed by atoms with E-state index in [-0.39, 0.29) is 6.04 Å². The van der Waals surface area contributed by atoms with E-state index in [1.807, 2.05) is 13.0 Å². The molecule has 17 heavy (non-hydrogen) atoms. The van der Waals surface area contributed by atoms with Crippen molar-refractivity contribution in [3.8, 4) is 0 Å². The molecule has 1 aromatic rings. The third kappa shape index (κ3) is 5.60. The SMILES string of the molecule is CCC[O][Sn]([Cl])[CH2]Cc1ccccc1C(C)N. The molecule has 1 radical (unpaired) electrons. The van der Waals surface area contributed by atoms with Crippen LogP contribution in [0.5, 0.6) is 0 Å². The molecule has 1 unspecified atom stereocenters. The topological polar surface area (TPSA) is 35.2 Å². The van der Waals surface area contributed by atoms with Crippen molar-refractivity contribution >= 4 is 28.0 Å². The number of nitrogens with two attached hydrogens (primary N) is 1. The van der Waals surface area contributed by atoms with Crippen molar-refractivity contribution < 1.29 is 3.07 Å². The predicted octanol–water partition coefficient (Wildman–Crippen LogP) is 3.40. The second-order valence-corrected chi connectivity index (χ2v) is 11.3. The maximum atomic E-state index is 6.28. The summed E-state index contributed by atoms with van der Waals surface area (Å²) in [6.07, 6.45) is 2.05. The van der Waals surface area contributed by atoms with Gasteiger partial charge in [-0.15, -0.1) is 0 Å². The fourth-order valence-electron chi connectivity index (χ4n) is 1.72. The molecule has 0 aliphatic rings. The first-order chi connectivity index (χ1) is 8.15. The van der Waals surface area contributed by atoms with Crippen molar-refractivity contribution in [3.05, 3.63) is 35.4 Å². The number of aryl methyl sites for hydroxylation is 1. The normalized spacial score (nSPS) is 13.0. The van der Waals surface area contributed by atoms with E-state index in [2.05, 4.69) is 25.1 Å². The zero-order valence-electron chi connectivity index (χ0n) is 10.6.